The van der Waals surface area contributed by atoms with Gasteiger partial charge in [-0.25, -0.2) is 4.79 Å². The molecule has 0 spiro atoms. The van der Waals surface area contributed by atoms with E-state index in [0.29, 0.717) is 16.1 Å². The van der Waals surface area contributed by atoms with Gasteiger partial charge >= 0.3 is 5.97 Å². The molecule has 0 radical (unpaired) electrons. The average molecular weight is 292 g/mol. The SMILES string of the molecule is Cc1ccc(-c2cc(C(=O)O)cc([N+](=O)[O-])c2)c(Cl)c1. The topological polar surface area (TPSA) is 80.4 Å². The molecule has 0 atom stereocenters. The van der Waals surface area contributed by atoms with Crippen molar-refractivity contribution in [2.45, 2.75) is 6.92 Å². The third-order valence-corrected chi connectivity index (χ3v) is 3.12. The standard InChI is InChI=1S/C14H10ClNO4/c1-8-2-3-12(13(15)4-8)9-5-10(14(17)18)7-11(6-9)16(19)20/h2-7H,1H3,(H,17,18). The Kier molecular flexibility index (Phi) is 3.72. The van der Waals surface area contributed by atoms with Gasteiger partial charge in [-0.3, -0.25) is 10.1 Å². The van der Waals surface area contributed by atoms with E-state index in [1.54, 1.807) is 18.2 Å². The van der Waals surface area contributed by atoms with Gasteiger partial charge in [0.1, 0.15) is 0 Å². The van der Waals surface area contributed by atoms with Crippen LogP contribution in [0.1, 0.15) is 15.9 Å². The molecule has 0 aliphatic rings. The lowest BCUT2D eigenvalue weighted by atomic mass is 10.0. The van der Waals surface area contributed by atoms with Crippen molar-refractivity contribution in [2.24, 2.45) is 0 Å². The number of non-ortho nitro benzene ring substituents is 1. The number of rotatable bonds is 3. The molecule has 0 heterocycles. The molecule has 0 saturated carbocycles. The van der Waals surface area contributed by atoms with E-state index in [2.05, 4.69) is 0 Å². The summed E-state index contributed by atoms with van der Waals surface area (Å²) >= 11 is 6.11. The lowest BCUT2D eigenvalue weighted by Crippen LogP contribution is -1.99. The molecule has 20 heavy (non-hydrogen) atoms. The fourth-order valence-electron chi connectivity index (χ4n) is 1.85. The predicted octanol–water partition coefficient (Wildman–Crippen LogP) is 3.92. The molecular weight excluding hydrogens is 282 g/mol. The van der Waals surface area contributed by atoms with Crippen molar-refractivity contribution in [2.75, 3.05) is 0 Å². The normalized spacial score (nSPS) is 10.3. The van der Waals surface area contributed by atoms with Gasteiger partial charge in [0.05, 0.1) is 10.5 Å². The number of hydrogen-bond acceptors (Lipinski definition) is 3. The number of carboxylic acids is 1. The van der Waals surface area contributed by atoms with Gasteiger partial charge in [0.25, 0.3) is 5.69 Å². The van der Waals surface area contributed by atoms with Crippen LogP contribution in [-0.4, -0.2) is 16.0 Å². The first-order valence-electron chi connectivity index (χ1n) is 5.68. The van der Waals surface area contributed by atoms with Crippen molar-refractivity contribution in [3.63, 3.8) is 0 Å². The second-order valence-corrected chi connectivity index (χ2v) is 4.72. The van der Waals surface area contributed by atoms with Gasteiger partial charge in [-0.05, 0) is 30.2 Å². The Morgan fingerprint density at radius 2 is 1.95 bits per heavy atom. The van der Waals surface area contributed by atoms with Crippen molar-refractivity contribution in [3.05, 3.63) is 62.7 Å². The van der Waals surface area contributed by atoms with Gasteiger partial charge in [-0.2, -0.15) is 0 Å². The molecule has 0 aromatic heterocycles. The maximum atomic E-state index is 11.0. The Labute approximate surface area is 119 Å². The number of nitro benzene ring substituents is 1. The van der Waals surface area contributed by atoms with Crippen molar-refractivity contribution in [1.29, 1.82) is 0 Å². The Bertz CT molecular complexity index is 680. The summed E-state index contributed by atoms with van der Waals surface area (Å²) in [4.78, 5) is 21.3. The molecule has 2 aromatic carbocycles. The zero-order valence-corrected chi connectivity index (χ0v) is 11.2. The van der Waals surface area contributed by atoms with Gasteiger partial charge in [-0.1, -0.05) is 23.7 Å². The third kappa shape index (κ3) is 2.78. The summed E-state index contributed by atoms with van der Waals surface area (Å²) in [6.45, 7) is 1.87. The van der Waals surface area contributed by atoms with Crippen molar-refractivity contribution >= 4 is 23.3 Å². The first kappa shape index (κ1) is 14.0. The molecule has 0 saturated heterocycles. The van der Waals surface area contributed by atoms with E-state index >= 15 is 0 Å². The van der Waals surface area contributed by atoms with Gasteiger partial charge in [0, 0.05) is 22.7 Å². The van der Waals surface area contributed by atoms with Gasteiger partial charge in [0.2, 0.25) is 0 Å². The molecule has 6 heteroatoms. The smallest absolute Gasteiger partial charge is 0.335 e. The van der Waals surface area contributed by atoms with Crippen molar-refractivity contribution < 1.29 is 14.8 Å². The van der Waals surface area contributed by atoms with Gasteiger partial charge in [0.15, 0.2) is 0 Å². The van der Waals surface area contributed by atoms with Crippen LogP contribution in [0.3, 0.4) is 0 Å². The number of carboxylic acid groups (broad SMARTS) is 1. The lowest BCUT2D eigenvalue weighted by molar-refractivity contribution is -0.384. The minimum atomic E-state index is -1.22. The van der Waals surface area contributed by atoms with Crippen LogP contribution in [0.2, 0.25) is 5.02 Å². The van der Waals surface area contributed by atoms with Crippen molar-refractivity contribution in [3.8, 4) is 11.1 Å². The third-order valence-electron chi connectivity index (χ3n) is 2.81. The highest BCUT2D eigenvalue weighted by molar-refractivity contribution is 6.33. The highest BCUT2D eigenvalue weighted by Gasteiger charge is 2.15. The number of aromatic carboxylic acids is 1. The molecule has 0 aliphatic heterocycles. The van der Waals surface area contributed by atoms with E-state index in [4.69, 9.17) is 16.7 Å². The summed E-state index contributed by atoms with van der Waals surface area (Å²) in [6, 6.07) is 8.93. The quantitative estimate of drug-likeness (QED) is 0.686. The maximum absolute atomic E-state index is 11.0. The second kappa shape index (κ2) is 5.30. The van der Waals surface area contributed by atoms with E-state index in [1.807, 2.05) is 6.92 Å². The average Bonchev–Trinajstić information content (AvgIpc) is 2.38. The van der Waals surface area contributed by atoms with Gasteiger partial charge < -0.3 is 5.11 Å². The van der Waals surface area contributed by atoms with E-state index in [0.717, 1.165) is 11.6 Å². The van der Waals surface area contributed by atoms with Crippen molar-refractivity contribution in [1.82, 2.24) is 0 Å². The molecule has 2 rings (SSSR count). The number of benzene rings is 2. The molecule has 102 valence electrons. The maximum Gasteiger partial charge on any atom is 0.335 e. The first-order valence-corrected chi connectivity index (χ1v) is 6.05. The Balaban J connectivity index is 2.66. The molecule has 2 aromatic rings. The zero-order chi connectivity index (χ0) is 14.9. The van der Waals surface area contributed by atoms with Crippen LogP contribution in [0.4, 0.5) is 5.69 Å². The molecule has 0 aliphatic carbocycles. The fraction of sp³-hybridized carbons (Fsp3) is 0.0714. The zero-order valence-electron chi connectivity index (χ0n) is 10.5. The monoisotopic (exact) mass is 291 g/mol. The Morgan fingerprint density at radius 1 is 1.25 bits per heavy atom. The Morgan fingerprint density at radius 3 is 2.50 bits per heavy atom. The number of carbonyl (C=O) groups is 1. The summed E-state index contributed by atoms with van der Waals surface area (Å²) < 4.78 is 0. The summed E-state index contributed by atoms with van der Waals surface area (Å²) in [5, 5.41) is 20.3. The number of aryl methyl sites for hydroxylation is 1. The predicted molar refractivity (Wildman–Crippen MR) is 75.2 cm³/mol. The first-order chi connectivity index (χ1) is 9.38. The van der Waals surface area contributed by atoms with E-state index in [-0.39, 0.29) is 11.3 Å². The van der Waals surface area contributed by atoms with Gasteiger partial charge in [-0.15, -0.1) is 0 Å². The fourth-order valence-corrected chi connectivity index (χ4v) is 2.19. The number of halogens is 1. The van der Waals surface area contributed by atoms with Crippen LogP contribution in [0.25, 0.3) is 11.1 Å². The summed E-state index contributed by atoms with van der Waals surface area (Å²) in [5.74, 6) is -1.22. The lowest BCUT2D eigenvalue weighted by Gasteiger charge is -2.07. The number of hydrogen-bond donors (Lipinski definition) is 1. The summed E-state index contributed by atoms with van der Waals surface area (Å²) in [7, 11) is 0. The summed E-state index contributed by atoms with van der Waals surface area (Å²) in [6.07, 6.45) is 0. The highest BCUT2D eigenvalue weighted by atomic mass is 35.5. The van der Waals surface area contributed by atoms with E-state index in [1.165, 1.54) is 12.1 Å². The molecular formula is C14H10ClNO4. The van der Waals surface area contributed by atoms with Crippen LogP contribution in [-0.2, 0) is 0 Å². The molecule has 5 nitrogen and oxygen atoms in total. The van der Waals surface area contributed by atoms with Crippen LogP contribution in [0.5, 0.6) is 0 Å². The van der Waals surface area contributed by atoms with E-state index in [9.17, 15) is 14.9 Å². The van der Waals surface area contributed by atoms with Crippen LogP contribution >= 0.6 is 11.6 Å². The number of nitrogens with zero attached hydrogens (tertiary/aromatic N) is 1. The van der Waals surface area contributed by atoms with Crippen LogP contribution < -0.4 is 0 Å². The molecule has 0 fully saturated rings. The highest BCUT2D eigenvalue weighted by Crippen LogP contribution is 2.32. The molecule has 0 unspecified atom stereocenters. The molecule has 0 bridgehead atoms. The van der Waals surface area contributed by atoms with Crippen LogP contribution in [0.15, 0.2) is 36.4 Å². The molecule has 1 N–H and O–H groups in total. The molecule has 0 amide bonds. The van der Waals surface area contributed by atoms with E-state index < -0.39 is 10.9 Å². The Hall–Kier alpha value is -2.40. The summed E-state index contributed by atoms with van der Waals surface area (Å²) in [5.41, 5.74) is 1.48. The second-order valence-electron chi connectivity index (χ2n) is 4.31. The largest absolute Gasteiger partial charge is 0.478 e. The minimum Gasteiger partial charge on any atom is -0.478 e. The number of nitro groups is 1. The minimum absolute atomic E-state index is 0.147. The van der Waals surface area contributed by atoms with Crippen LogP contribution in [0, 0.1) is 17.0 Å².